The smallest absolute Gasteiger partial charge is 0.184 e. The molecule has 0 saturated heterocycles. The van der Waals surface area contributed by atoms with Gasteiger partial charge in [0.25, 0.3) is 0 Å². The SMILES string of the molecule is C#Cc1nc2cccnc2[nH]1. The highest BCUT2D eigenvalue weighted by molar-refractivity contribution is 5.70. The van der Waals surface area contributed by atoms with Crippen molar-refractivity contribution in [2.75, 3.05) is 0 Å². The van der Waals surface area contributed by atoms with E-state index in [0.29, 0.717) is 5.82 Å². The number of nitrogens with zero attached hydrogens (tertiary/aromatic N) is 2. The van der Waals surface area contributed by atoms with Gasteiger partial charge >= 0.3 is 0 Å². The summed E-state index contributed by atoms with van der Waals surface area (Å²) in [6, 6.07) is 3.68. The van der Waals surface area contributed by atoms with E-state index in [2.05, 4.69) is 20.9 Å². The van der Waals surface area contributed by atoms with Gasteiger partial charge < -0.3 is 4.98 Å². The summed E-state index contributed by atoms with van der Waals surface area (Å²) in [6.45, 7) is 0. The minimum Gasteiger partial charge on any atom is -0.316 e. The van der Waals surface area contributed by atoms with E-state index in [1.165, 1.54) is 0 Å². The highest BCUT2D eigenvalue weighted by Crippen LogP contribution is 2.05. The molecule has 3 heteroatoms. The van der Waals surface area contributed by atoms with Crippen molar-refractivity contribution in [3.8, 4) is 12.3 Å². The van der Waals surface area contributed by atoms with Gasteiger partial charge in [-0.2, -0.15) is 0 Å². The van der Waals surface area contributed by atoms with Crippen LogP contribution in [0.15, 0.2) is 18.3 Å². The Labute approximate surface area is 63.5 Å². The number of terminal acetylenes is 1. The van der Waals surface area contributed by atoms with E-state index in [-0.39, 0.29) is 0 Å². The molecule has 0 aromatic carbocycles. The van der Waals surface area contributed by atoms with Crippen LogP contribution in [0, 0.1) is 12.3 Å². The largest absolute Gasteiger partial charge is 0.316 e. The molecule has 0 spiro atoms. The van der Waals surface area contributed by atoms with E-state index in [1.807, 2.05) is 12.1 Å². The third-order valence-corrected chi connectivity index (χ3v) is 1.39. The fraction of sp³-hybridized carbons (Fsp3) is 0. The number of nitrogens with one attached hydrogen (secondary N) is 1. The van der Waals surface area contributed by atoms with Gasteiger partial charge in [0.05, 0.1) is 0 Å². The molecule has 0 aliphatic heterocycles. The van der Waals surface area contributed by atoms with Crippen LogP contribution in [-0.2, 0) is 0 Å². The zero-order valence-electron chi connectivity index (χ0n) is 5.70. The van der Waals surface area contributed by atoms with Crippen molar-refractivity contribution in [1.29, 1.82) is 0 Å². The average Bonchev–Trinajstić information content (AvgIpc) is 2.46. The Morgan fingerprint density at radius 2 is 2.45 bits per heavy atom. The molecule has 0 saturated carbocycles. The zero-order valence-corrected chi connectivity index (χ0v) is 5.70. The number of hydrogen-bond acceptors (Lipinski definition) is 2. The molecule has 1 N–H and O–H groups in total. The van der Waals surface area contributed by atoms with Crippen molar-refractivity contribution < 1.29 is 0 Å². The minimum atomic E-state index is 0.527. The summed E-state index contributed by atoms with van der Waals surface area (Å²) in [6.07, 6.45) is 6.84. The molecule has 0 unspecified atom stereocenters. The van der Waals surface area contributed by atoms with Gasteiger partial charge in [-0.25, -0.2) is 9.97 Å². The molecule has 0 bridgehead atoms. The monoisotopic (exact) mass is 143 g/mol. The number of fused-ring (bicyclic) bond motifs is 1. The van der Waals surface area contributed by atoms with Gasteiger partial charge in [-0.05, 0) is 18.1 Å². The van der Waals surface area contributed by atoms with Crippen LogP contribution in [0.2, 0.25) is 0 Å². The lowest BCUT2D eigenvalue weighted by molar-refractivity contribution is 1.26. The first kappa shape index (κ1) is 5.93. The second kappa shape index (κ2) is 2.10. The molecular weight excluding hydrogens is 138 g/mol. The van der Waals surface area contributed by atoms with E-state index in [4.69, 9.17) is 6.42 Å². The van der Waals surface area contributed by atoms with Crippen LogP contribution in [0.3, 0.4) is 0 Å². The number of imidazole rings is 1. The van der Waals surface area contributed by atoms with Crippen LogP contribution in [0.1, 0.15) is 5.82 Å². The highest BCUT2D eigenvalue weighted by Gasteiger charge is 1.97. The first-order valence-electron chi connectivity index (χ1n) is 3.17. The number of hydrogen-bond donors (Lipinski definition) is 1. The molecule has 0 aliphatic rings. The molecular formula is C8H5N3. The second-order valence-electron chi connectivity index (χ2n) is 2.10. The molecule has 0 fully saturated rings. The Morgan fingerprint density at radius 3 is 3.18 bits per heavy atom. The maximum atomic E-state index is 5.14. The summed E-state index contributed by atoms with van der Waals surface area (Å²) >= 11 is 0. The third-order valence-electron chi connectivity index (χ3n) is 1.39. The lowest BCUT2D eigenvalue weighted by Gasteiger charge is -1.80. The summed E-state index contributed by atoms with van der Waals surface area (Å²) in [5.41, 5.74) is 1.54. The lowest BCUT2D eigenvalue weighted by Crippen LogP contribution is -1.73. The average molecular weight is 143 g/mol. The summed E-state index contributed by atoms with van der Waals surface area (Å²) in [7, 11) is 0. The molecule has 2 aromatic rings. The van der Waals surface area contributed by atoms with Crippen molar-refractivity contribution in [1.82, 2.24) is 15.0 Å². The summed E-state index contributed by atoms with van der Waals surface area (Å²) in [5.74, 6) is 2.94. The predicted octanol–water partition coefficient (Wildman–Crippen LogP) is 0.939. The molecule has 0 atom stereocenters. The van der Waals surface area contributed by atoms with Crippen LogP contribution < -0.4 is 0 Å². The Bertz CT molecular complexity index is 389. The van der Waals surface area contributed by atoms with Crippen molar-refractivity contribution in [2.24, 2.45) is 0 Å². The standard InChI is InChI=1S/C8H5N3/c1-2-7-10-6-4-3-5-9-8(6)11-7/h1,3-5H,(H,9,10,11). The Hall–Kier alpha value is -1.82. The zero-order chi connectivity index (χ0) is 7.68. The van der Waals surface area contributed by atoms with Gasteiger partial charge in [-0.3, -0.25) is 0 Å². The number of aromatic amines is 1. The van der Waals surface area contributed by atoms with Gasteiger partial charge in [0, 0.05) is 6.20 Å². The summed E-state index contributed by atoms with van der Waals surface area (Å²) in [5, 5.41) is 0. The number of pyridine rings is 1. The topological polar surface area (TPSA) is 41.6 Å². The maximum Gasteiger partial charge on any atom is 0.184 e. The van der Waals surface area contributed by atoms with Crippen LogP contribution in [-0.4, -0.2) is 15.0 Å². The predicted molar refractivity (Wildman–Crippen MR) is 41.8 cm³/mol. The molecule has 3 nitrogen and oxygen atoms in total. The third kappa shape index (κ3) is 0.849. The van der Waals surface area contributed by atoms with Gasteiger partial charge in [0.2, 0.25) is 0 Å². The lowest BCUT2D eigenvalue weighted by atomic mass is 10.4. The molecule has 0 amide bonds. The minimum absolute atomic E-state index is 0.527. The first-order chi connectivity index (χ1) is 5.40. The second-order valence-corrected chi connectivity index (χ2v) is 2.10. The summed E-state index contributed by atoms with van der Waals surface area (Å²) < 4.78 is 0. The first-order valence-corrected chi connectivity index (χ1v) is 3.17. The molecule has 2 rings (SSSR count). The maximum absolute atomic E-state index is 5.14. The normalized spacial score (nSPS) is 9.73. The van der Waals surface area contributed by atoms with Crippen molar-refractivity contribution in [2.45, 2.75) is 0 Å². The van der Waals surface area contributed by atoms with Crippen LogP contribution >= 0.6 is 0 Å². The van der Waals surface area contributed by atoms with Crippen molar-refractivity contribution >= 4 is 11.2 Å². The Kier molecular flexibility index (Phi) is 1.13. The number of aromatic nitrogens is 3. The van der Waals surface area contributed by atoms with Gasteiger partial charge in [0.15, 0.2) is 11.5 Å². The van der Waals surface area contributed by atoms with Crippen molar-refractivity contribution in [3.05, 3.63) is 24.2 Å². The van der Waals surface area contributed by atoms with Crippen LogP contribution in [0.4, 0.5) is 0 Å². The molecule has 0 aliphatic carbocycles. The molecule has 2 heterocycles. The Balaban J connectivity index is 2.81. The van der Waals surface area contributed by atoms with Gasteiger partial charge in [0.1, 0.15) is 5.52 Å². The van der Waals surface area contributed by atoms with E-state index in [0.717, 1.165) is 11.2 Å². The van der Waals surface area contributed by atoms with E-state index < -0.39 is 0 Å². The van der Waals surface area contributed by atoms with E-state index >= 15 is 0 Å². The number of rotatable bonds is 0. The van der Waals surface area contributed by atoms with E-state index in [1.54, 1.807) is 6.20 Å². The van der Waals surface area contributed by atoms with Crippen LogP contribution in [0.5, 0.6) is 0 Å². The fourth-order valence-electron chi connectivity index (χ4n) is 0.912. The molecule has 52 valence electrons. The van der Waals surface area contributed by atoms with Crippen molar-refractivity contribution in [3.63, 3.8) is 0 Å². The van der Waals surface area contributed by atoms with Crippen LogP contribution in [0.25, 0.3) is 11.2 Å². The van der Waals surface area contributed by atoms with Gasteiger partial charge in [-0.1, -0.05) is 0 Å². The molecule has 11 heavy (non-hydrogen) atoms. The quantitative estimate of drug-likeness (QED) is 0.557. The fourth-order valence-corrected chi connectivity index (χ4v) is 0.912. The van der Waals surface area contributed by atoms with Gasteiger partial charge in [-0.15, -0.1) is 6.42 Å². The van der Waals surface area contributed by atoms with E-state index in [9.17, 15) is 0 Å². The highest BCUT2D eigenvalue weighted by atomic mass is 15.0. The molecule has 0 radical (unpaired) electrons. The summed E-state index contributed by atoms with van der Waals surface area (Å²) in [4.78, 5) is 11.0. The molecule has 2 aromatic heterocycles. The Morgan fingerprint density at radius 1 is 1.55 bits per heavy atom. The number of H-pyrrole nitrogens is 1.